The standard InChI is InChI=1S/C36H60N3O11P/c1-4-5-6-7-8-9-10-11-12-13-14-15-18-21-30(42)49-31(27(2)3)34(43)37-23-19-16-17-20-25-47-33-32(50-51(45)46)28(26-40)48-35(33)39-24-22-29(41)38-36(39)44/h22,24,27,31,33,35,40H,4-21,23,25-26H2,1-3H3,(H2-,37,38,41,43,44,45,46)/p+1/t31?,33?,35-/m1/s1. The van der Waals surface area contributed by atoms with Crippen molar-refractivity contribution in [3.63, 3.8) is 0 Å². The molecule has 4 N–H and O–H groups in total. The molecule has 0 saturated heterocycles. The summed E-state index contributed by atoms with van der Waals surface area (Å²) < 4.78 is 34.5. The molecule has 1 aliphatic rings. The molecule has 1 aromatic heterocycles. The first-order valence-corrected chi connectivity index (χ1v) is 20.0. The first-order valence-electron chi connectivity index (χ1n) is 18.8. The lowest BCUT2D eigenvalue weighted by Crippen LogP contribution is -2.41. The summed E-state index contributed by atoms with van der Waals surface area (Å²) in [5, 5.41) is 12.6. The first-order chi connectivity index (χ1) is 24.6. The van der Waals surface area contributed by atoms with Crippen LogP contribution in [0.1, 0.15) is 143 Å². The number of amides is 1. The van der Waals surface area contributed by atoms with Crippen molar-refractivity contribution in [3.05, 3.63) is 44.6 Å². The molecule has 1 aromatic rings. The first kappa shape index (κ1) is 44.1. The van der Waals surface area contributed by atoms with Gasteiger partial charge in [0.1, 0.15) is 6.61 Å². The van der Waals surface area contributed by atoms with E-state index in [4.69, 9.17) is 18.7 Å². The SMILES string of the molecule is CCCCCCCCCCCCCCCC(=O)OC(C(=O)NCCCCCCOC1C(O[P+](=O)O)=C(CO)O[C@H]1n1ccc(=O)[nH]c1=O)C(C)C. The molecule has 1 amide bonds. The highest BCUT2D eigenvalue weighted by atomic mass is 31.1. The van der Waals surface area contributed by atoms with Crippen LogP contribution in [0, 0.1) is 5.92 Å². The number of hydrogen-bond acceptors (Lipinski definition) is 10. The third-order valence-electron chi connectivity index (χ3n) is 8.78. The summed E-state index contributed by atoms with van der Waals surface area (Å²) in [7, 11) is -3.12. The Labute approximate surface area is 302 Å². The number of H-pyrrole nitrogens is 1. The number of aliphatic hydroxyl groups excluding tert-OH is 1. The molecule has 3 unspecified atom stereocenters. The number of unbranched alkanes of at least 4 members (excludes halogenated alkanes) is 15. The van der Waals surface area contributed by atoms with Gasteiger partial charge in [0.15, 0.2) is 18.0 Å². The summed E-state index contributed by atoms with van der Waals surface area (Å²) in [6.07, 6.45) is 17.0. The van der Waals surface area contributed by atoms with Crippen LogP contribution in [-0.2, 0) is 32.9 Å². The van der Waals surface area contributed by atoms with Crippen molar-refractivity contribution in [1.82, 2.24) is 14.9 Å². The Morgan fingerprint density at radius 3 is 2.10 bits per heavy atom. The van der Waals surface area contributed by atoms with Gasteiger partial charge in [0, 0.05) is 36.4 Å². The van der Waals surface area contributed by atoms with Crippen molar-refractivity contribution in [2.75, 3.05) is 19.8 Å². The lowest BCUT2D eigenvalue weighted by Gasteiger charge is -2.21. The quantitative estimate of drug-likeness (QED) is 0.0424. The minimum absolute atomic E-state index is 0.160. The lowest BCUT2D eigenvalue weighted by atomic mass is 10.0. The van der Waals surface area contributed by atoms with E-state index in [0.29, 0.717) is 25.8 Å². The summed E-state index contributed by atoms with van der Waals surface area (Å²) in [4.78, 5) is 60.6. The monoisotopic (exact) mass is 742 g/mol. The maximum absolute atomic E-state index is 12.8. The summed E-state index contributed by atoms with van der Waals surface area (Å²) in [5.41, 5.74) is -1.41. The average molecular weight is 743 g/mol. The number of nitrogens with one attached hydrogen (secondary N) is 2. The van der Waals surface area contributed by atoms with Crippen LogP contribution in [0.5, 0.6) is 0 Å². The predicted molar refractivity (Wildman–Crippen MR) is 193 cm³/mol. The molecule has 0 aromatic carbocycles. The minimum Gasteiger partial charge on any atom is -0.465 e. The van der Waals surface area contributed by atoms with Crippen molar-refractivity contribution in [2.45, 2.75) is 155 Å². The van der Waals surface area contributed by atoms with Crippen LogP contribution >= 0.6 is 8.25 Å². The van der Waals surface area contributed by atoms with Crippen LogP contribution in [0.3, 0.4) is 0 Å². The summed E-state index contributed by atoms with van der Waals surface area (Å²) in [6.45, 7) is 5.85. The highest BCUT2D eigenvalue weighted by Gasteiger charge is 2.45. The molecule has 0 saturated carbocycles. The molecule has 4 atom stereocenters. The highest BCUT2D eigenvalue weighted by Crippen LogP contribution is 2.39. The number of ether oxygens (including phenoxy) is 3. The van der Waals surface area contributed by atoms with E-state index in [9.17, 15) is 33.7 Å². The van der Waals surface area contributed by atoms with Gasteiger partial charge in [0.25, 0.3) is 11.5 Å². The number of aromatic amines is 1. The summed E-state index contributed by atoms with van der Waals surface area (Å²) in [5.74, 6) is -1.19. The fraction of sp³-hybridized carbons (Fsp3) is 0.778. The second kappa shape index (κ2) is 25.8. The molecular weight excluding hydrogens is 681 g/mol. The van der Waals surface area contributed by atoms with E-state index in [1.54, 1.807) is 0 Å². The molecule has 0 spiro atoms. The second-order valence-electron chi connectivity index (χ2n) is 13.4. The molecule has 15 heteroatoms. The van der Waals surface area contributed by atoms with Gasteiger partial charge in [-0.05, 0) is 25.2 Å². The summed E-state index contributed by atoms with van der Waals surface area (Å²) >= 11 is 0. The van der Waals surface area contributed by atoms with Crippen LogP contribution in [0.15, 0.2) is 33.4 Å². The van der Waals surface area contributed by atoms with Gasteiger partial charge in [-0.2, -0.15) is 0 Å². The number of nitrogens with zero attached hydrogens (tertiary/aromatic N) is 1. The number of aromatic nitrogens is 2. The molecule has 2 heterocycles. The molecular formula is C36H61N3O11P+. The fourth-order valence-electron chi connectivity index (χ4n) is 5.93. The maximum atomic E-state index is 12.8. The molecule has 14 nitrogen and oxygen atoms in total. The molecule has 0 fully saturated rings. The van der Waals surface area contributed by atoms with E-state index in [-0.39, 0.29) is 35.9 Å². The largest absolute Gasteiger partial charge is 0.747 e. The number of carbonyl (C=O) groups is 2. The van der Waals surface area contributed by atoms with Crippen LogP contribution in [0.2, 0.25) is 0 Å². The third kappa shape index (κ3) is 17.3. The Hall–Kier alpha value is -3.06. The number of carbonyl (C=O) groups excluding carboxylic acids is 2. The van der Waals surface area contributed by atoms with E-state index in [1.165, 1.54) is 70.4 Å². The smallest absolute Gasteiger partial charge is 0.465 e. The number of esters is 1. The Balaban J connectivity index is 1.64. The fourth-order valence-corrected chi connectivity index (χ4v) is 6.30. The van der Waals surface area contributed by atoms with Crippen LogP contribution < -0.4 is 16.6 Å². The predicted octanol–water partition coefficient (Wildman–Crippen LogP) is 6.05. The van der Waals surface area contributed by atoms with Crippen molar-refractivity contribution in [2.24, 2.45) is 5.92 Å². The van der Waals surface area contributed by atoms with Gasteiger partial charge in [-0.1, -0.05) is 111 Å². The van der Waals surface area contributed by atoms with Gasteiger partial charge in [-0.3, -0.25) is 23.9 Å². The Morgan fingerprint density at radius 2 is 1.53 bits per heavy atom. The van der Waals surface area contributed by atoms with Crippen LogP contribution in [0.4, 0.5) is 0 Å². The van der Waals surface area contributed by atoms with Crippen molar-refractivity contribution in [3.8, 4) is 0 Å². The van der Waals surface area contributed by atoms with E-state index >= 15 is 0 Å². The Morgan fingerprint density at radius 1 is 0.941 bits per heavy atom. The molecule has 0 aliphatic carbocycles. The van der Waals surface area contributed by atoms with Gasteiger partial charge in [0.05, 0.1) is 0 Å². The van der Waals surface area contributed by atoms with E-state index in [0.717, 1.165) is 42.7 Å². The van der Waals surface area contributed by atoms with Gasteiger partial charge in [0.2, 0.25) is 12.0 Å². The van der Waals surface area contributed by atoms with Crippen LogP contribution in [-0.4, -0.2) is 63.4 Å². The van der Waals surface area contributed by atoms with E-state index < -0.39 is 44.5 Å². The molecule has 1 aliphatic heterocycles. The third-order valence-corrected chi connectivity index (χ3v) is 9.13. The molecule has 2 rings (SSSR count). The highest BCUT2D eigenvalue weighted by molar-refractivity contribution is 7.32. The zero-order valence-electron chi connectivity index (χ0n) is 30.8. The molecule has 0 radical (unpaired) electrons. The van der Waals surface area contributed by atoms with Gasteiger partial charge < -0.3 is 24.6 Å². The van der Waals surface area contributed by atoms with Gasteiger partial charge in [-0.15, -0.1) is 4.89 Å². The number of aliphatic hydroxyl groups is 1. The zero-order valence-corrected chi connectivity index (χ0v) is 31.7. The molecule has 51 heavy (non-hydrogen) atoms. The lowest BCUT2D eigenvalue weighted by molar-refractivity contribution is -0.158. The van der Waals surface area contributed by atoms with E-state index in [1.807, 2.05) is 13.8 Å². The van der Waals surface area contributed by atoms with Crippen molar-refractivity contribution >= 4 is 20.1 Å². The Bertz CT molecular complexity index is 1330. The summed E-state index contributed by atoms with van der Waals surface area (Å²) in [6, 6.07) is 1.11. The number of hydrogen-bond donors (Lipinski definition) is 4. The number of rotatable bonds is 29. The second-order valence-corrected chi connectivity index (χ2v) is 14.1. The van der Waals surface area contributed by atoms with Gasteiger partial charge in [-0.25, -0.2) is 9.32 Å². The van der Waals surface area contributed by atoms with Crippen LogP contribution in [0.25, 0.3) is 0 Å². The van der Waals surface area contributed by atoms with Crippen molar-refractivity contribution in [1.29, 1.82) is 0 Å². The van der Waals surface area contributed by atoms with Gasteiger partial charge >= 0.3 is 19.9 Å². The average Bonchev–Trinajstić information content (AvgIpc) is 3.42. The topological polar surface area (TPSA) is 195 Å². The normalized spacial score (nSPS) is 16.6. The van der Waals surface area contributed by atoms with Crippen molar-refractivity contribution < 1.29 is 42.9 Å². The Kier molecular flexibility index (Phi) is 22.3. The molecule has 290 valence electrons. The zero-order chi connectivity index (χ0) is 37.4. The maximum Gasteiger partial charge on any atom is 0.747 e. The molecule has 0 bridgehead atoms. The van der Waals surface area contributed by atoms with E-state index in [2.05, 4.69) is 17.2 Å². The minimum atomic E-state index is -3.12.